The van der Waals surface area contributed by atoms with E-state index < -0.39 is 0 Å². The number of morpholine rings is 1. The molecule has 17 heavy (non-hydrogen) atoms. The molecule has 0 aromatic carbocycles. The predicted molar refractivity (Wildman–Crippen MR) is 67.2 cm³/mol. The van der Waals surface area contributed by atoms with Crippen molar-refractivity contribution in [3.63, 3.8) is 0 Å². The SMILES string of the molecule is CC1CN(CC(=O)Nc2nccs2)C(C)CO1. The van der Waals surface area contributed by atoms with Crippen molar-refractivity contribution < 1.29 is 9.53 Å². The molecule has 1 aromatic heterocycles. The third kappa shape index (κ3) is 3.49. The number of hydrogen-bond acceptors (Lipinski definition) is 5. The minimum Gasteiger partial charge on any atom is -0.376 e. The highest BCUT2D eigenvalue weighted by Gasteiger charge is 2.25. The van der Waals surface area contributed by atoms with Crippen LogP contribution >= 0.6 is 11.3 Å². The summed E-state index contributed by atoms with van der Waals surface area (Å²) in [6.07, 6.45) is 1.87. The lowest BCUT2D eigenvalue weighted by Crippen LogP contribution is -2.50. The van der Waals surface area contributed by atoms with Crippen molar-refractivity contribution in [3.8, 4) is 0 Å². The molecule has 0 aliphatic carbocycles. The monoisotopic (exact) mass is 255 g/mol. The standard InChI is InChI=1S/C11H17N3O2S/c1-8-7-16-9(2)5-14(8)6-10(15)13-11-12-3-4-17-11/h3-4,8-9H,5-7H2,1-2H3,(H,12,13,15). The normalized spacial score (nSPS) is 25.8. The molecule has 1 N–H and O–H groups in total. The molecule has 1 amide bonds. The number of nitrogens with one attached hydrogen (secondary N) is 1. The first-order valence-corrected chi connectivity index (χ1v) is 6.58. The van der Waals surface area contributed by atoms with E-state index in [9.17, 15) is 4.79 Å². The summed E-state index contributed by atoms with van der Waals surface area (Å²) in [5, 5.41) is 5.29. The summed E-state index contributed by atoms with van der Waals surface area (Å²) >= 11 is 1.43. The van der Waals surface area contributed by atoms with Crippen LogP contribution in [0.2, 0.25) is 0 Å². The first kappa shape index (κ1) is 12.5. The summed E-state index contributed by atoms with van der Waals surface area (Å²) in [4.78, 5) is 18.0. The quantitative estimate of drug-likeness (QED) is 0.881. The number of rotatable bonds is 3. The summed E-state index contributed by atoms with van der Waals surface area (Å²) in [5.74, 6) is -0.0131. The molecule has 5 nitrogen and oxygen atoms in total. The molecule has 94 valence electrons. The number of aromatic nitrogens is 1. The fraction of sp³-hybridized carbons (Fsp3) is 0.636. The van der Waals surface area contributed by atoms with E-state index >= 15 is 0 Å². The number of nitrogens with zero attached hydrogens (tertiary/aromatic N) is 2. The molecule has 6 heteroatoms. The minimum atomic E-state index is -0.0131. The molecule has 1 aliphatic rings. The molecule has 1 fully saturated rings. The minimum absolute atomic E-state index is 0.0131. The van der Waals surface area contributed by atoms with Gasteiger partial charge in [-0.3, -0.25) is 9.69 Å². The maximum Gasteiger partial charge on any atom is 0.240 e. The predicted octanol–water partition coefficient (Wildman–Crippen LogP) is 1.19. The van der Waals surface area contributed by atoms with Crippen molar-refractivity contribution in [1.82, 2.24) is 9.88 Å². The summed E-state index contributed by atoms with van der Waals surface area (Å²) < 4.78 is 5.52. The first-order valence-electron chi connectivity index (χ1n) is 5.70. The molecular weight excluding hydrogens is 238 g/mol. The average molecular weight is 255 g/mol. The number of amides is 1. The topological polar surface area (TPSA) is 54.5 Å². The van der Waals surface area contributed by atoms with E-state index in [-0.39, 0.29) is 18.1 Å². The van der Waals surface area contributed by atoms with Crippen LogP contribution in [-0.4, -0.2) is 47.6 Å². The van der Waals surface area contributed by atoms with Gasteiger partial charge in [0.25, 0.3) is 0 Å². The molecular formula is C11H17N3O2S. The Balaban J connectivity index is 1.85. The van der Waals surface area contributed by atoms with Gasteiger partial charge in [0, 0.05) is 24.2 Å². The Hall–Kier alpha value is -0.980. The highest BCUT2D eigenvalue weighted by molar-refractivity contribution is 7.13. The van der Waals surface area contributed by atoms with Crippen molar-refractivity contribution >= 4 is 22.4 Å². The largest absolute Gasteiger partial charge is 0.376 e. The highest BCUT2D eigenvalue weighted by Crippen LogP contribution is 2.13. The zero-order chi connectivity index (χ0) is 12.3. The second-order valence-electron chi connectivity index (χ2n) is 4.31. The van der Waals surface area contributed by atoms with E-state index in [1.807, 2.05) is 12.3 Å². The van der Waals surface area contributed by atoms with E-state index in [4.69, 9.17) is 4.74 Å². The fourth-order valence-corrected chi connectivity index (χ4v) is 2.37. The summed E-state index contributed by atoms with van der Waals surface area (Å²) in [5.41, 5.74) is 0. The maximum absolute atomic E-state index is 11.8. The molecule has 0 radical (unpaired) electrons. The van der Waals surface area contributed by atoms with Crippen molar-refractivity contribution in [1.29, 1.82) is 0 Å². The third-order valence-corrected chi connectivity index (χ3v) is 3.45. The Morgan fingerprint density at radius 1 is 1.71 bits per heavy atom. The number of ether oxygens (including phenoxy) is 1. The van der Waals surface area contributed by atoms with Crippen molar-refractivity contribution in [2.75, 3.05) is 25.0 Å². The third-order valence-electron chi connectivity index (χ3n) is 2.76. The molecule has 2 unspecified atom stereocenters. The number of carbonyl (C=O) groups excluding carboxylic acids is 1. The van der Waals surface area contributed by atoms with Gasteiger partial charge in [0.1, 0.15) is 0 Å². The van der Waals surface area contributed by atoms with Crippen LogP contribution in [-0.2, 0) is 9.53 Å². The molecule has 0 saturated carbocycles. The fourth-order valence-electron chi connectivity index (χ4n) is 1.82. The Bertz CT molecular complexity index is 369. The number of anilines is 1. The van der Waals surface area contributed by atoms with Crippen molar-refractivity contribution in [2.45, 2.75) is 26.0 Å². The van der Waals surface area contributed by atoms with Crippen LogP contribution in [0, 0.1) is 0 Å². The Kier molecular flexibility index (Phi) is 4.09. The summed E-state index contributed by atoms with van der Waals surface area (Å²) in [7, 11) is 0. The zero-order valence-electron chi connectivity index (χ0n) is 10.0. The number of carbonyl (C=O) groups is 1. The molecule has 1 aromatic rings. The Morgan fingerprint density at radius 2 is 2.53 bits per heavy atom. The van der Waals surface area contributed by atoms with Crippen molar-refractivity contribution in [2.24, 2.45) is 0 Å². The lowest BCUT2D eigenvalue weighted by molar-refractivity contribution is -0.121. The van der Waals surface area contributed by atoms with Crippen LogP contribution in [0.3, 0.4) is 0 Å². The van der Waals surface area contributed by atoms with Crippen LogP contribution in [0.5, 0.6) is 0 Å². The molecule has 1 saturated heterocycles. The van der Waals surface area contributed by atoms with Gasteiger partial charge in [0.2, 0.25) is 5.91 Å². The lowest BCUT2D eigenvalue weighted by Gasteiger charge is -2.36. The first-order chi connectivity index (χ1) is 8.15. The van der Waals surface area contributed by atoms with E-state index in [1.165, 1.54) is 11.3 Å². The van der Waals surface area contributed by atoms with Crippen LogP contribution in [0.4, 0.5) is 5.13 Å². The van der Waals surface area contributed by atoms with E-state index in [0.29, 0.717) is 18.3 Å². The van der Waals surface area contributed by atoms with Crippen LogP contribution < -0.4 is 5.32 Å². The lowest BCUT2D eigenvalue weighted by atomic mass is 10.2. The van der Waals surface area contributed by atoms with Crippen LogP contribution in [0.1, 0.15) is 13.8 Å². The van der Waals surface area contributed by atoms with Gasteiger partial charge in [0.05, 0.1) is 19.3 Å². The summed E-state index contributed by atoms with van der Waals surface area (Å²) in [6.45, 7) is 5.98. The second kappa shape index (κ2) is 5.57. The van der Waals surface area contributed by atoms with Gasteiger partial charge >= 0.3 is 0 Å². The second-order valence-corrected chi connectivity index (χ2v) is 5.20. The van der Waals surface area contributed by atoms with E-state index in [0.717, 1.165) is 6.54 Å². The van der Waals surface area contributed by atoms with Gasteiger partial charge in [0.15, 0.2) is 5.13 Å². The van der Waals surface area contributed by atoms with Crippen LogP contribution in [0.15, 0.2) is 11.6 Å². The van der Waals surface area contributed by atoms with Gasteiger partial charge in [-0.25, -0.2) is 4.98 Å². The highest BCUT2D eigenvalue weighted by atomic mass is 32.1. The number of hydrogen-bond donors (Lipinski definition) is 1. The van der Waals surface area contributed by atoms with Gasteiger partial charge in [-0.2, -0.15) is 0 Å². The summed E-state index contributed by atoms with van der Waals surface area (Å²) in [6, 6.07) is 0.285. The number of thiazole rings is 1. The maximum atomic E-state index is 11.8. The van der Waals surface area contributed by atoms with Gasteiger partial charge in [-0.05, 0) is 13.8 Å². The van der Waals surface area contributed by atoms with Gasteiger partial charge < -0.3 is 10.1 Å². The molecule has 0 spiro atoms. The molecule has 1 aliphatic heterocycles. The molecule has 2 atom stereocenters. The average Bonchev–Trinajstić information content (AvgIpc) is 2.76. The van der Waals surface area contributed by atoms with E-state index in [1.54, 1.807) is 6.20 Å². The van der Waals surface area contributed by atoms with Gasteiger partial charge in [-0.15, -0.1) is 11.3 Å². The molecule has 0 bridgehead atoms. The smallest absolute Gasteiger partial charge is 0.240 e. The molecule has 2 rings (SSSR count). The van der Waals surface area contributed by atoms with Crippen LogP contribution in [0.25, 0.3) is 0 Å². The van der Waals surface area contributed by atoms with E-state index in [2.05, 4.69) is 22.1 Å². The Labute approximate surface area is 105 Å². The molecule has 2 heterocycles. The Morgan fingerprint density at radius 3 is 3.24 bits per heavy atom. The van der Waals surface area contributed by atoms with Gasteiger partial charge in [-0.1, -0.05) is 0 Å². The zero-order valence-corrected chi connectivity index (χ0v) is 10.9. The van der Waals surface area contributed by atoms with Crippen molar-refractivity contribution in [3.05, 3.63) is 11.6 Å².